The molecule has 0 fully saturated rings. The second-order valence-corrected chi connectivity index (χ2v) is 5.83. The van der Waals surface area contributed by atoms with E-state index in [1.54, 1.807) is 24.4 Å². The maximum atomic E-state index is 10.9. The molecule has 0 atom stereocenters. The lowest BCUT2D eigenvalue weighted by atomic mass is 10.1. The molecule has 0 spiro atoms. The van der Waals surface area contributed by atoms with Gasteiger partial charge in [-0.05, 0) is 24.1 Å². The second kappa shape index (κ2) is 8.10. The molecule has 136 valence electrons. The third-order valence-corrected chi connectivity index (χ3v) is 3.85. The largest absolute Gasteiger partial charge is 0.478 e. The molecule has 0 aliphatic carbocycles. The van der Waals surface area contributed by atoms with E-state index in [0.29, 0.717) is 41.3 Å². The Labute approximate surface area is 155 Å². The van der Waals surface area contributed by atoms with Gasteiger partial charge >= 0.3 is 0 Å². The van der Waals surface area contributed by atoms with Crippen LogP contribution in [0.5, 0.6) is 5.88 Å². The number of nitriles is 1. The van der Waals surface area contributed by atoms with Crippen LogP contribution in [-0.4, -0.2) is 21.5 Å². The molecule has 0 saturated heterocycles. The molecule has 0 saturated carbocycles. The van der Waals surface area contributed by atoms with Crippen LogP contribution in [0.25, 0.3) is 10.9 Å². The summed E-state index contributed by atoms with van der Waals surface area (Å²) < 4.78 is 5.45. The summed E-state index contributed by atoms with van der Waals surface area (Å²) in [7, 11) is 0. The molecule has 8 heteroatoms. The summed E-state index contributed by atoms with van der Waals surface area (Å²) in [6, 6.07) is 11.6. The van der Waals surface area contributed by atoms with Gasteiger partial charge in [0.1, 0.15) is 5.82 Å². The Bertz CT molecular complexity index is 1010. The summed E-state index contributed by atoms with van der Waals surface area (Å²) >= 11 is 0. The molecular weight excluding hydrogens is 346 g/mol. The molecule has 2 heterocycles. The molecule has 0 aliphatic rings. The minimum absolute atomic E-state index is 0.0713. The van der Waals surface area contributed by atoms with E-state index in [4.69, 9.17) is 4.74 Å². The number of nitrogens with zero attached hydrogens (tertiary/aromatic N) is 4. The predicted molar refractivity (Wildman–Crippen MR) is 100 cm³/mol. The average Bonchev–Trinajstić information content (AvgIpc) is 2.70. The van der Waals surface area contributed by atoms with E-state index in [1.165, 1.54) is 12.1 Å². The van der Waals surface area contributed by atoms with Crippen molar-refractivity contribution in [1.82, 2.24) is 9.97 Å². The van der Waals surface area contributed by atoms with Gasteiger partial charge in [0.05, 0.1) is 28.7 Å². The quantitative estimate of drug-likeness (QED) is 0.501. The fourth-order valence-corrected chi connectivity index (χ4v) is 2.51. The molecule has 0 amide bonds. The fourth-order valence-electron chi connectivity index (χ4n) is 2.51. The number of aromatic nitrogens is 2. The zero-order valence-electron chi connectivity index (χ0n) is 14.7. The smallest absolute Gasteiger partial charge is 0.270 e. The van der Waals surface area contributed by atoms with Crippen LogP contribution in [-0.2, 0) is 6.54 Å². The van der Waals surface area contributed by atoms with Crippen LogP contribution < -0.4 is 10.1 Å². The highest BCUT2D eigenvalue weighted by Gasteiger charge is 2.11. The van der Waals surface area contributed by atoms with Crippen LogP contribution in [0, 0.1) is 21.4 Å². The van der Waals surface area contributed by atoms with Crippen LogP contribution in [0.4, 0.5) is 11.5 Å². The molecule has 0 radical (unpaired) electrons. The van der Waals surface area contributed by atoms with E-state index in [1.807, 2.05) is 13.0 Å². The van der Waals surface area contributed by atoms with Gasteiger partial charge in [0, 0.05) is 36.3 Å². The lowest BCUT2D eigenvalue weighted by Gasteiger charge is -2.09. The molecule has 27 heavy (non-hydrogen) atoms. The Kier molecular flexibility index (Phi) is 5.42. The van der Waals surface area contributed by atoms with Gasteiger partial charge in [-0.2, -0.15) is 5.26 Å². The van der Waals surface area contributed by atoms with Crippen molar-refractivity contribution < 1.29 is 9.66 Å². The molecule has 0 bridgehead atoms. The third-order valence-electron chi connectivity index (χ3n) is 3.85. The molecule has 3 aromatic rings. The van der Waals surface area contributed by atoms with Crippen molar-refractivity contribution in [2.24, 2.45) is 0 Å². The van der Waals surface area contributed by atoms with Gasteiger partial charge in [-0.1, -0.05) is 13.0 Å². The molecular formula is C19H17N5O3. The van der Waals surface area contributed by atoms with Crippen LogP contribution in [0.1, 0.15) is 24.5 Å². The summed E-state index contributed by atoms with van der Waals surface area (Å²) in [6.45, 7) is 3.13. The number of rotatable bonds is 7. The highest BCUT2D eigenvalue weighted by Crippen LogP contribution is 2.25. The molecule has 0 unspecified atom stereocenters. The van der Waals surface area contributed by atoms with Gasteiger partial charge < -0.3 is 10.1 Å². The van der Waals surface area contributed by atoms with Gasteiger partial charge in [0.2, 0.25) is 5.88 Å². The van der Waals surface area contributed by atoms with Crippen molar-refractivity contribution >= 4 is 22.4 Å². The highest BCUT2D eigenvalue weighted by molar-refractivity contribution is 5.88. The number of fused-ring (bicyclic) bond motifs is 1. The summed E-state index contributed by atoms with van der Waals surface area (Å²) in [4.78, 5) is 19.1. The molecule has 8 nitrogen and oxygen atoms in total. The third kappa shape index (κ3) is 4.27. The number of nitrogens with one attached hydrogen (secondary N) is 1. The summed E-state index contributed by atoms with van der Waals surface area (Å²) in [6.07, 6.45) is 2.64. The van der Waals surface area contributed by atoms with Crippen molar-refractivity contribution in [2.75, 3.05) is 11.9 Å². The first-order valence-electron chi connectivity index (χ1n) is 8.41. The summed E-state index contributed by atoms with van der Waals surface area (Å²) in [5, 5.41) is 23.9. The monoisotopic (exact) mass is 363 g/mol. The Balaban J connectivity index is 1.78. The van der Waals surface area contributed by atoms with Gasteiger partial charge in [0.15, 0.2) is 0 Å². The molecule has 3 rings (SSSR count). The lowest BCUT2D eigenvalue weighted by molar-refractivity contribution is -0.384. The standard InChI is InChI=1S/C19H17N5O3/c1-2-7-27-19-6-3-13(12-22-19)11-21-18-8-14(10-20)16-9-15(24(25)26)4-5-17(16)23-18/h3-6,8-9,12H,2,7,11H2,1H3,(H,21,23). The maximum absolute atomic E-state index is 10.9. The van der Waals surface area contributed by atoms with E-state index in [9.17, 15) is 15.4 Å². The summed E-state index contributed by atoms with van der Waals surface area (Å²) in [5.41, 5.74) is 1.71. The second-order valence-electron chi connectivity index (χ2n) is 5.83. The molecule has 1 N–H and O–H groups in total. The van der Waals surface area contributed by atoms with Crippen LogP contribution in [0.3, 0.4) is 0 Å². The van der Waals surface area contributed by atoms with Crippen LogP contribution in [0.15, 0.2) is 42.6 Å². The van der Waals surface area contributed by atoms with Gasteiger partial charge in [0.25, 0.3) is 5.69 Å². The molecule has 2 aromatic heterocycles. The Morgan fingerprint density at radius 3 is 2.81 bits per heavy atom. The van der Waals surface area contributed by atoms with Crippen molar-refractivity contribution in [3.63, 3.8) is 0 Å². The van der Waals surface area contributed by atoms with E-state index in [2.05, 4.69) is 21.4 Å². The first-order valence-corrected chi connectivity index (χ1v) is 8.41. The number of hydrogen-bond donors (Lipinski definition) is 1. The number of nitro groups is 1. The molecule has 0 aliphatic heterocycles. The zero-order valence-corrected chi connectivity index (χ0v) is 14.7. The van der Waals surface area contributed by atoms with Crippen molar-refractivity contribution in [3.8, 4) is 11.9 Å². The van der Waals surface area contributed by atoms with Gasteiger partial charge in [-0.25, -0.2) is 9.97 Å². The van der Waals surface area contributed by atoms with E-state index in [-0.39, 0.29) is 5.69 Å². The summed E-state index contributed by atoms with van der Waals surface area (Å²) in [5.74, 6) is 1.09. The van der Waals surface area contributed by atoms with Crippen LogP contribution in [0.2, 0.25) is 0 Å². The van der Waals surface area contributed by atoms with Gasteiger partial charge in [-0.15, -0.1) is 0 Å². The van der Waals surface area contributed by atoms with Crippen molar-refractivity contribution in [3.05, 3.63) is 63.8 Å². The van der Waals surface area contributed by atoms with Crippen LogP contribution >= 0.6 is 0 Å². The van der Waals surface area contributed by atoms with Crippen molar-refractivity contribution in [2.45, 2.75) is 19.9 Å². The predicted octanol–water partition coefficient (Wildman–Crippen LogP) is 3.81. The Morgan fingerprint density at radius 1 is 1.30 bits per heavy atom. The SMILES string of the molecule is CCCOc1ccc(CNc2cc(C#N)c3cc([N+](=O)[O-])ccc3n2)cn1. The maximum Gasteiger partial charge on any atom is 0.270 e. The minimum Gasteiger partial charge on any atom is -0.478 e. The topological polar surface area (TPSA) is 114 Å². The first-order chi connectivity index (χ1) is 13.1. The number of non-ortho nitro benzene ring substituents is 1. The average molecular weight is 363 g/mol. The fraction of sp³-hybridized carbons (Fsp3) is 0.211. The number of nitro benzene ring substituents is 1. The number of pyridine rings is 2. The highest BCUT2D eigenvalue weighted by atomic mass is 16.6. The number of anilines is 1. The van der Waals surface area contributed by atoms with E-state index < -0.39 is 4.92 Å². The molecule has 1 aromatic carbocycles. The Hall–Kier alpha value is -3.73. The lowest BCUT2D eigenvalue weighted by Crippen LogP contribution is -2.03. The Morgan fingerprint density at radius 2 is 2.15 bits per heavy atom. The van der Waals surface area contributed by atoms with Crippen molar-refractivity contribution in [1.29, 1.82) is 5.26 Å². The zero-order chi connectivity index (χ0) is 19.2. The number of benzene rings is 1. The normalized spacial score (nSPS) is 10.4. The minimum atomic E-state index is -0.492. The van der Waals surface area contributed by atoms with Gasteiger partial charge in [-0.3, -0.25) is 10.1 Å². The first kappa shape index (κ1) is 18.1. The van der Waals surface area contributed by atoms with E-state index >= 15 is 0 Å². The van der Waals surface area contributed by atoms with E-state index in [0.717, 1.165) is 12.0 Å². The number of ether oxygens (including phenoxy) is 1. The number of hydrogen-bond acceptors (Lipinski definition) is 7.